The van der Waals surface area contributed by atoms with Crippen molar-refractivity contribution >= 4 is 63.1 Å². The molecule has 0 aliphatic carbocycles. The zero-order valence-corrected chi connectivity index (χ0v) is 20.8. The lowest BCUT2D eigenvalue weighted by atomic mass is 10.0. The number of carboxylic acid groups (broad SMARTS) is 1. The van der Waals surface area contributed by atoms with E-state index >= 15 is 0 Å². The van der Waals surface area contributed by atoms with Gasteiger partial charge in [-0.05, 0) is 28.2 Å². The number of aryl methyl sites for hydroxylation is 1. The Kier molecular flexibility index (Phi) is 8.65. The second kappa shape index (κ2) is 11.1. The number of amides is 2. The van der Waals surface area contributed by atoms with Crippen molar-refractivity contribution in [2.45, 2.75) is 36.5 Å². The fourth-order valence-electron chi connectivity index (χ4n) is 3.12. The lowest BCUT2D eigenvalue weighted by molar-refractivity contribution is -0.150. The molecule has 0 spiro atoms. The first-order chi connectivity index (χ1) is 15.6. The number of aliphatic carboxylic acids is 1. The highest BCUT2D eigenvalue weighted by Crippen LogP contribution is 2.41. The van der Waals surface area contributed by atoms with Gasteiger partial charge in [0.15, 0.2) is 0 Å². The molecule has 2 aliphatic rings. The van der Waals surface area contributed by atoms with E-state index in [9.17, 15) is 27.9 Å². The second-order valence-corrected chi connectivity index (χ2v) is 12.0. The number of hydrogen-bond acceptors (Lipinski definition) is 11. The van der Waals surface area contributed by atoms with Crippen LogP contribution in [0.3, 0.4) is 0 Å². The lowest BCUT2D eigenvalue weighted by Crippen LogP contribution is -2.70. The molecule has 13 nitrogen and oxygen atoms in total. The van der Waals surface area contributed by atoms with E-state index in [-0.39, 0.29) is 35.4 Å². The second-order valence-electron chi connectivity index (χ2n) is 7.11. The maximum Gasteiger partial charge on any atom is 0.352 e. The summed E-state index contributed by atoms with van der Waals surface area (Å²) in [5, 5.41) is 28.4. The van der Waals surface area contributed by atoms with E-state index in [2.05, 4.69) is 20.8 Å². The first-order valence-corrected chi connectivity index (χ1v) is 14.7. The third kappa shape index (κ3) is 6.40. The number of carbonyl (C=O) groups excluding carboxylic acids is 2. The Morgan fingerprint density at radius 2 is 2.15 bits per heavy atom. The molecule has 17 heteroatoms. The van der Waals surface area contributed by atoms with Crippen LogP contribution in [0.15, 0.2) is 16.4 Å². The van der Waals surface area contributed by atoms with Gasteiger partial charge in [0.1, 0.15) is 17.1 Å². The molecule has 1 saturated heterocycles. The van der Waals surface area contributed by atoms with Crippen LogP contribution in [0.4, 0.5) is 0 Å². The summed E-state index contributed by atoms with van der Waals surface area (Å²) in [6.45, 7) is 1.97. The largest absolute Gasteiger partial charge is 0.477 e. The van der Waals surface area contributed by atoms with Gasteiger partial charge in [-0.3, -0.25) is 14.5 Å². The molecular weight excluding hydrogens is 514 g/mol. The predicted molar refractivity (Wildman–Crippen MR) is 124 cm³/mol. The smallest absolute Gasteiger partial charge is 0.352 e. The molecule has 33 heavy (non-hydrogen) atoms. The number of thioether (sulfide) groups is 3. The maximum absolute atomic E-state index is 12.7. The van der Waals surface area contributed by atoms with Crippen LogP contribution in [0, 0.1) is 0 Å². The van der Waals surface area contributed by atoms with E-state index in [1.807, 2.05) is 6.92 Å². The fourth-order valence-corrected chi connectivity index (χ4v) is 6.64. The average molecular weight is 538 g/mol. The summed E-state index contributed by atoms with van der Waals surface area (Å²) in [7, 11) is -3.70. The number of nitrogens with one attached hydrogen (secondary N) is 1. The fraction of sp³-hybridized carbons (Fsp3) is 0.625. The number of fused-ring (bicyclic) bond motifs is 1. The minimum Gasteiger partial charge on any atom is -0.477 e. The predicted octanol–water partition coefficient (Wildman–Crippen LogP) is -1.06. The highest BCUT2D eigenvalue weighted by atomic mass is 32.2. The van der Waals surface area contributed by atoms with Crippen LogP contribution in [0.2, 0.25) is 0 Å². The number of hydrogen-bond donors (Lipinski definition) is 3. The van der Waals surface area contributed by atoms with Crippen molar-refractivity contribution in [3.05, 3.63) is 11.3 Å². The Morgan fingerprint density at radius 3 is 2.82 bits per heavy atom. The normalized spacial score (nSPS) is 20.4. The van der Waals surface area contributed by atoms with Gasteiger partial charge in [-0.25, -0.2) is 23.0 Å². The molecular formula is C16H23N7O6S4. The third-order valence-corrected chi connectivity index (χ3v) is 8.91. The Balaban J connectivity index is 1.66. The number of nitrogens with zero attached hydrogens (tertiary/aromatic N) is 5. The van der Waals surface area contributed by atoms with Crippen molar-refractivity contribution in [1.29, 1.82) is 0 Å². The molecule has 2 aliphatic heterocycles. The quantitative estimate of drug-likeness (QED) is 0.167. The van der Waals surface area contributed by atoms with E-state index in [0.717, 1.165) is 23.9 Å². The number of carboxylic acids is 1. The monoisotopic (exact) mass is 537 g/mol. The first-order valence-electron chi connectivity index (χ1n) is 9.79. The Bertz CT molecular complexity index is 1060. The highest BCUT2D eigenvalue weighted by molar-refractivity contribution is 8.01. The molecule has 2 amide bonds. The molecule has 1 aromatic rings. The summed E-state index contributed by atoms with van der Waals surface area (Å²) in [5.74, 6) is -0.670. The molecule has 182 valence electrons. The maximum atomic E-state index is 12.7. The molecule has 1 aromatic heterocycles. The average Bonchev–Trinajstić information content (AvgIpc) is 3.21. The van der Waals surface area contributed by atoms with Crippen molar-refractivity contribution in [1.82, 2.24) is 30.4 Å². The first kappa shape index (κ1) is 25.8. The van der Waals surface area contributed by atoms with Crippen molar-refractivity contribution < 1.29 is 27.9 Å². The van der Waals surface area contributed by atoms with E-state index in [1.165, 1.54) is 33.1 Å². The van der Waals surface area contributed by atoms with Gasteiger partial charge in [0.25, 0.3) is 5.91 Å². The zero-order chi connectivity index (χ0) is 24.2. The number of primary sulfonamides is 1. The lowest BCUT2D eigenvalue weighted by Gasteiger charge is -2.49. The van der Waals surface area contributed by atoms with Crippen LogP contribution in [-0.4, -0.2) is 96.6 Å². The van der Waals surface area contributed by atoms with Gasteiger partial charge in [-0.15, -0.1) is 16.9 Å². The van der Waals surface area contributed by atoms with E-state index in [0.29, 0.717) is 16.5 Å². The van der Waals surface area contributed by atoms with Crippen LogP contribution >= 0.6 is 35.3 Å². The van der Waals surface area contributed by atoms with Crippen molar-refractivity contribution in [3.63, 3.8) is 0 Å². The van der Waals surface area contributed by atoms with Gasteiger partial charge in [0.2, 0.25) is 21.1 Å². The summed E-state index contributed by atoms with van der Waals surface area (Å²) in [6, 6.07) is -0.751. The molecule has 0 bridgehead atoms. The van der Waals surface area contributed by atoms with E-state index in [4.69, 9.17) is 5.14 Å². The molecule has 4 N–H and O–H groups in total. The Hall–Kier alpha value is -1.82. The van der Waals surface area contributed by atoms with E-state index in [1.54, 1.807) is 0 Å². The molecule has 0 radical (unpaired) electrons. The minimum absolute atomic E-state index is 0.0433. The standard InChI is InChI=1S/C16H23N7O6S4/c1-2-4-30-8-10(24)18-11-13(25)23-12(15(26)27)9(6-31-14(11)23)7-32-16-19-20-21-22(16)3-5-33(17,28)29/h11,14H,2-8H2,1H3,(H,18,24)(H,26,27)(H2,17,28,29)/t11?,14-/m1/s1. The molecule has 3 heterocycles. The topological polar surface area (TPSA) is 190 Å². The third-order valence-electron chi connectivity index (χ3n) is 4.61. The van der Waals surface area contributed by atoms with Crippen LogP contribution in [-0.2, 0) is 31.0 Å². The van der Waals surface area contributed by atoms with Crippen LogP contribution in [0.25, 0.3) is 0 Å². The van der Waals surface area contributed by atoms with Crippen molar-refractivity contribution in [2.24, 2.45) is 5.14 Å². The summed E-state index contributed by atoms with van der Waals surface area (Å²) < 4.78 is 23.6. The van der Waals surface area contributed by atoms with Gasteiger partial charge in [-0.2, -0.15) is 11.8 Å². The van der Waals surface area contributed by atoms with Gasteiger partial charge < -0.3 is 10.4 Å². The van der Waals surface area contributed by atoms with Crippen LogP contribution in [0.5, 0.6) is 0 Å². The van der Waals surface area contributed by atoms with Gasteiger partial charge in [0, 0.05) is 11.5 Å². The molecule has 1 fully saturated rings. The molecule has 3 rings (SSSR count). The summed E-state index contributed by atoms with van der Waals surface area (Å²) >= 11 is 3.98. The molecule has 0 saturated carbocycles. The SMILES string of the molecule is CCCSCC(=O)NC1C(=O)N2C(C(=O)O)=C(CSc3nnnn3CCS(N)(=O)=O)CS[C@H]12. The summed E-state index contributed by atoms with van der Waals surface area (Å²) in [6.07, 6.45) is 0.943. The number of sulfonamides is 1. The van der Waals surface area contributed by atoms with Crippen LogP contribution < -0.4 is 10.5 Å². The number of rotatable bonds is 12. The highest BCUT2D eigenvalue weighted by Gasteiger charge is 2.54. The number of carbonyl (C=O) groups is 3. The number of tetrazole rings is 1. The van der Waals surface area contributed by atoms with Crippen molar-refractivity contribution in [3.8, 4) is 0 Å². The van der Waals surface area contributed by atoms with Gasteiger partial charge >= 0.3 is 5.97 Å². The number of β-lactam (4-membered cyclic amide) rings is 1. The Labute approximate surface area is 202 Å². The van der Waals surface area contributed by atoms with Gasteiger partial charge in [-0.1, -0.05) is 18.7 Å². The Morgan fingerprint density at radius 1 is 1.39 bits per heavy atom. The minimum atomic E-state index is -3.70. The van der Waals surface area contributed by atoms with E-state index < -0.39 is 33.3 Å². The number of nitrogens with two attached hydrogens (primary N) is 1. The number of aromatic nitrogens is 4. The molecule has 0 aromatic carbocycles. The summed E-state index contributed by atoms with van der Waals surface area (Å²) in [5.41, 5.74) is 0.400. The summed E-state index contributed by atoms with van der Waals surface area (Å²) in [4.78, 5) is 37.9. The molecule has 2 atom stereocenters. The van der Waals surface area contributed by atoms with Gasteiger partial charge in [0.05, 0.1) is 18.1 Å². The van der Waals surface area contributed by atoms with Crippen LogP contribution in [0.1, 0.15) is 13.3 Å². The molecule has 1 unspecified atom stereocenters. The zero-order valence-electron chi connectivity index (χ0n) is 17.5. The van der Waals surface area contributed by atoms with Crippen molar-refractivity contribution in [2.75, 3.05) is 28.8 Å².